The highest BCUT2D eigenvalue weighted by atomic mass is 16.5. The van der Waals surface area contributed by atoms with Gasteiger partial charge in [0.2, 0.25) is 0 Å². The summed E-state index contributed by atoms with van der Waals surface area (Å²) in [6.07, 6.45) is 9.51. The molecule has 2 nitrogen and oxygen atoms in total. The van der Waals surface area contributed by atoms with Crippen molar-refractivity contribution in [1.29, 1.82) is 0 Å². The first-order valence-electron chi connectivity index (χ1n) is 6.52. The van der Waals surface area contributed by atoms with Crippen molar-refractivity contribution in [2.24, 2.45) is 0 Å². The van der Waals surface area contributed by atoms with Gasteiger partial charge in [-0.2, -0.15) is 0 Å². The van der Waals surface area contributed by atoms with Crippen molar-refractivity contribution in [2.75, 3.05) is 0 Å². The summed E-state index contributed by atoms with van der Waals surface area (Å²) in [6.45, 7) is 0. The van der Waals surface area contributed by atoms with Crippen LogP contribution in [-0.2, 0) is 0 Å². The highest BCUT2D eigenvalue weighted by Crippen LogP contribution is 2.38. The number of hydrogen-bond acceptors (Lipinski definition) is 2. The largest absolute Gasteiger partial charge is 0.507 e. The SMILES string of the molecule is OC1=CC(=C2C=CC=C2)Oc2ccc3ccccc3c21. The molecular formula is C18H12O2. The van der Waals surface area contributed by atoms with Gasteiger partial charge in [0.1, 0.15) is 17.3 Å². The van der Waals surface area contributed by atoms with E-state index in [1.54, 1.807) is 6.08 Å². The Kier molecular flexibility index (Phi) is 2.30. The average Bonchev–Trinajstić information content (AvgIpc) is 3.01. The predicted octanol–water partition coefficient (Wildman–Crippen LogP) is 4.51. The van der Waals surface area contributed by atoms with Gasteiger partial charge in [0.25, 0.3) is 0 Å². The molecule has 0 unspecified atom stereocenters. The molecule has 20 heavy (non-hydrogen) atoms. The fourth-order valence-electron chi connectivity index (χ4n) is 2.63. The molecule has 0 fully saturated rings. The topological polar surface area (TPSA) is 29.5 Å². The molecule has 4 rings (SSSR count). The van der Waals surface area contributed by atoms with E-state index in [2.05, 4.69) is 0 Å². The molecular weight excluding hydrogens is 248 g/mol. The second kappa shape index (κ2) is 4.14. The first-order chi connectivity index (χ1) is 9.83. The van der Waals surface area contributed by atoms with Gasteiger partial charge in [-0.15, -0.1) is 0 Å². The maximum Gasteiger partial charge on any atom is 0.139 e. The summed E-state index contributed by atoms with van der Waals surface area (Å²) in [5.41, 5.74) is 1.73. The van der Waals surface area contributed by atoms with Crippen LogP contribution in [0.4, 0.5) is 0 Å². The van der Waals surface area contributed by atoms with E-state index in [-0.39, 0.29) is 5.76 Å². The summed E-state index contributed by atoms with van der Waals surface area (Å²) in [5, 5.41) is 12.5. The van der Waals surface area contributed by atoms with Crippen LogP contribution in [0.15, 0.2) is 78.1 Å². The van der Waals surface area contributed by atoms with Crippen molar-refractivity contribution in [3.63, 3.8) is 0 Å². The molecule has 2 heteroatoms. The molecule has 2 aliphatic rings. The summed E-state index contributed by atoms with van der Waals surface area (Å²) >= 11 is 0. The Morgan fingerprint density at radius 1 is 0.900 bits per heavy atom. The molecule has 0 saturated carbocycles. The Morgan fingerprint density at radius 3 is 2.55 bits per heavy atom. The number of rotatable bonds is 0. The standard InChI is InChI=1S/C18H12O2/c19-15-11-17(13-6-1-2-7-13)20-16-10-9-12-5-3-4-8-14(12)18(15)16/h1-11,19H. The Balaban J connectivity index is 1.97. The van der Waals surface area contributed by atoms with Crippen LogP contribution < -0.4 is 4.74 Å². The van der Waals surface area contributed by atoms with Crippen molar-refractivity contribution < 1.29 is 9.84 Å². The zero-order valence-electron chi connectivity index (χ0n) is 10.7. The van der Waals surface area contributed by atoms with Crippen molar-refractivity contribution >= 4 is 16.5 Å². The average molecular weight is 260 g/mol. The fourth-order valence-corrected chi connectivity index (χ4v) is 2.63. The molecule has 2 aromatic rings. The van der Waals surface area contributed by atoms with Crippen LogP contribution in [0.3, 0.4) is 0 Å². The molecule has 2 aromatic carbocycles. The van der Waals surface area contributed by atoms with Crippen LogP contribution in [0, 0.1) is 0 Å². The minimum absolute atomic E-state index is 0.249. The minimum Gasteiger partial charge on any atom is -0.507 e. The zero-order valence-corrected chi connectivity index (χ0v) is 10.7. The van der Waals surface area contributed by atoms with Gasteiger partial charge in [-0.1, -0.05) is 54.6 Å². The third-order valence-electron chi connectivity index (χ3n) is 3.58. The Morgan fingerprint density at radius 2 is 1.70 bits per heavy atom. The van der Waals surface area contributed by atoms with Crippen molar-refractivity contribution in [3.05, 3.63) is 83.7 Å². The van der Waals surface area contributed by atoms with Gasteiger partial charge in [0.05, 0.1) is 5.56 Å². The molecule has 0 spiro atoms. The van der Waals surface area contributed by atoms with Gasteiger partial charge in [0.15, 0.2) is 0 Å². The molecule has 0 atom stereocenters. The number of benzene rings is 2. The van der Waals surface area contributed by atoms with Crippen LogP contribution >= 0.6 is 0 Å². The lowest BCUT2D eigenvalue weighted by atomic mass is 9.99. The first-order valence-corrected chi connectivity index (χ1v) is 6.52. The summed E-state index contributed by atoms with van der Waals surface area (Å²) in [5.74, 6) is 1.62. The molecule has 1 aliphatic carbocycles. The highest BCUT2D eigenvalue weighted by Gasteiger charge is 2.20. The molecule has 0 amide bonds. The Labute approximate surface area is 116 Å². The number of aliphatic hydroxyl groups is 1. The van der Waals surface area contributed by atoms with E-state index in [9.17, 15) is 5.11 Å². The monoisotopic (exact) mass is 260 g/mol. The van der Waals surface area contributed by atoms with Crippen LogP contribution in [0.25, 0.3) is 16.5 Å². The molecule has 0 aromatic heterocycles. The molecule has 1 aliphatic heterocycles. The second-order valence-corrected chi connectivity index (χ2v) is 4.83. The zero-order chi connectivity index (χ0) is 13.5. The molecule has 1 heterocycles. The maximum absolute atomic E-state index is 10.4. The van der Waals surface area contributed by atoms with E-state index in [0.29, 0.717) is 11.5 Å². The van der Waals surface area contributed by atoms with Crippen LogP contribution in [0.1, 0.15) is 5.56 Å². The summed E-state index contributed by atoms with van der Waals surface area (Å²) in [4.78, 5) is 0. The maximum atomic E-state index is 10.4. The number of fused-ring (bicyclic) bond motifs is 3. The minimum atomic E-state index is 0.249. The normalized spacial score (nSPS) is 16.3. The number of allylic oxidation sites excluding steroid dienone is 6. The van der Waals surface area contributed by atoms with E-state index < -0.39 is 0 Å². The molecule has 0 saturated heterocycles. The molecule has 0 bridgehead atoms. The van der Waals surface area contributed by atoms with Crippen molar-refractivity contribution in [1.82, 2.24) is 0 Å². The fraction of sp³-hybridized carbons (Fsp3) is 0. The lowest BCUT2D eigenvalue weighted by Gasteiger charge is -2.19. The van der Waals surface area contributed by atoms with Crippen molar-refractivity contribution in [3.8, 4) is 5.75 Å². The van der Waals surface area contributed by atoms with Crippen LogP contribution in [0.5, 0.6) is 5.75 Å². The lowest BCUT2D eigenvalue weighted by Crippen LogP contribution is -2.05. The van der Waals surface area contributed by atoms with Gasteiger partial charge in [-0.25, -0.2) is 0 Å². The third kappa shape index (κ3) is 1.58. The lowest BCUT2D eigenvalue weighted by molar-refractivity contribution is 0.417. The molecule has 1 N–H and O–H groups in total. The predicted molar refractivity (Wildman–Crippen MR) is 80.5 cm³/mol. The van der Waals surface area contributed by atoms with E-state index in [1.165, 1.54) is 0 Å². The second-order valence-electron chi connectivity index (χ2n) is 4.83. The van der Waals surface area contributed by atoms with E-state index in [4.69, 9.17) is 4.74 Å². The molecule has 0 radical (unpaired) electrons. The number of hydrogen-bond donors (Lipinski definition) is 1. The summed E-state index contributed by atoms with van der Waals surface area (Å²) < 4.78 is 5.94. The quantitative estimate of drug-likeness (QED) is 0.755. The highest BCUT2D eigenvalue weighted by molar-refractivity contribution is 5.96. The Bertz CT molecular complexity index is 822. The summed E-state index contributed by atoms with van der Waals surface area (Å²) in [6, 6.07) is 11.9. The van der Waals surface area contributed by atoms with E-state index in [0.717, 1.165) is 21.9 Å². The van der Waals surface area contributed by atoms with Crippen LogP contribution in [-0.4, -0.2) is 5.11 Å². The van der Waals surface area contributed by atoms with Gasteiger partial charge in [-0.05, 0) is 16.8 Å². The van der Waals surface area contributed by atoms with Gasteiger partial charge >= 0.3 is 0 Å². The van der Waals surface area contributed by atoms with E-state index >= 15 is 0 Å². The third-order valence-corrected chi connectivity index (χ3v) is 3.58. The summed E-state index contributed by atoms with van der Waals surface area (Å²) in [7, 11) is 0. The van der Waals surface area contributed by atoms with Crippen molar-refractivity contribution in [2.45, 2.75) is 0 Å². The van der Waals surface area contributed by atoms with Crippen LogP contribution in [0.2, 0.25) is 0 Å². The van der Waals surface area contributed by atoms with Gasteiger partial charge in [0, 0.05) is 11.6 Å². The smallest absolute Gasteiger partial charge is 0.139 e. The Hall–Kier alpha value is -2.74. The van der Waals surface area contributed by atoms with E-state index in [1.807, 2.05) is 60.7 Å². The molecule has 96 valence electrons. The number of ether oxygens (including phenoxy) is 1. The number of aliphatic hydroxyl groups excluding tert-OH is 1. The van der Waals surface area contributed by atoms with Gasteiger partial charge in [-0.3, -0.25) is 0 Å². The van der Waals surface area contributed by atoms with Gasteiger partial charge < -0.3 is 9.84 Å². The first kappa shape index (κ1) is 11.1.